The first-order chi connectivity index (χ1) is 14.8. The van der Waals surface area contributed by atoms with E-state index in [9.17, 15) is 4.79 Å². The van der Waals surface area contributed by atoms with Gasteiger partial charge < -0.3 is 14.5 Å². The lowest BCUT2D eigenvalue weighted by molar-refractivity contribution is -0.905. The molecule has 4 aliphatic rings. The van der Waals surface area contributed by atoms with E-state index < -0.39 is 0 Å². The predicted octanol–water partition coefficient (Wildman–Crippen LogP) is 3.55. The van der Waals surface area contributed by atoms with E-state index in [0.29, 0.717) is 12.0 Å². The summed E-state index contributed by atoms with van der Waals surface area (Å²) < 4.78 is 6.01. The van der Waals surface area contributed by atoms with E-state index in [-0.39, 0.29) is 23.4 Å². The van der Waals surface area contributed by atoms with Crippen LogP contribution in [0.25, 0.3) is 0 Å². The van der Waals surface area contributed by atoms with Crippen molar-refractivity contribution in [1.82, 2.24) is 0 Å². The van der Waals surface area contributed by atoms with E-state index >= 15 is 0 Å². The molecule has 0 bridgehead atoms. The van der Waals surface area contributed by atoms with Crippen LogP contribution in [0.2, 0.25) is 0 Å². The van der Waals surface area contributed by atoms with Gasteiger partial charge in [0.2, 0.25) is 0 Å². The second kappa shape index (κ2) is 7.95. The van der Waals surface area contributed by atoms with Crippen LogP contribution in [0.3, 0.4) is 0 Å². The van der Waals surface area contributed by atoms with E-state index in [1.165, 1.54) is 30.5 Å². The van der Waals surface area contributed by atoms with Crippen molar-refractivity contribution in [3.8, 4) is 0 Å². The fraction of sp³-hybridized carbons (Fsp3) is 0.667. The lowest BCUT2D eigenvalue weighted by Gasteiger charge is -2.46. The van der Waals surface area contributed by atoms with E-state index in [1.54, 1.807) is 16.0 Å². The van der Waals surface area contributed by atoms with Crippen LogP contribution in [0.4, 0.5) is 5.69 Å². The minimum atomic E-state index is 0.0736. The Morgan fingerprint density at radius 1 is 1.29 bits per heavy atom. The monoisotopic (exact) mass is 423 g/mol. The number of fused-ring (bicyclic) bond motifs is 2. The maximum absolute atomic E-state index is 12.9. The lowest BCUT2D eigenvalue weighted by Crippen LogP contribution is -3.16. The van der Waals surface area contributed by atoms with Crippen molar-refractivity contribution in [2.24, 2.45) is 17.3 Å². The number of hydrogen-bond donors (Lipinski definition) is 1. The number of aryl methyl sites for hydroxylation is 1. The first-order valence-electron chi connectivity index (χ1n) is 12.4. The molecule has 2 heterocycles. The van der Waals surface area contributed by atoms with Crippen molar-refractivity contribution in [1.29, 1.82) is 0 Å². The van der Waals surface area contributed by atoms with Crippen molar-refractivity contribution >= 4 is 11.7 Å². The highest BCUT2D eigenvalue weighted by atomic mass is 16.6. The largest absolute Gasteiger partial charge is 0.462 e. The SMILES string of the molecule is CC1=C2C[C@H]3[C@@H](C[C@@]2(C)CCC1)OC(=O)[C@@H]3C[NH+]1CCN(c2cccc(C)c2)[C@@H](C)C1. The Morgan fingerprint density at radius 3 is 2.90 bits per heavy atom. The van der Waals surface area contributed by atoms with Gasteiger partial charge in [0.05, 0.1) is 32.2 Å². The third-order valence-electron chi connectivity index (χ3n) is 8.84. The molecule has 4 heteroatoms. The van der Waals surface area contributed by atoms with Gasteiger partial charge in [-0.2, -0.15) is 0 Å². The third kappa shape index (κ3) is 3.82. The number of nitrogens with one attached hydrogen (secondary N) is 1. The highest BCUT2D eigenvalue weighted by molar-refractivity contribution is 5.75. The third-order valence-corrected chi connectivity index (χ3v) is 8.84. The molecule has 3 fully saturated rings. The molecule has 0 amide bonds. The average Bonchev–Trinajstić information content (AvgIpc) is 3.00. The Kier molecular flexibility index (Phi) is 5.40. The summed E-state index contributed by atoms with van der Waals surface area (Å²) in [6.07, 6.45) is 6.05. The zero-order valence-electron chi connectivity index (χ0n) is 19.7. The molecule has 1 aromatic rings. The molecule has 0 radical (unpaired) electrons. The number of quaternary nitrogens is 1. The zero-order valence-corrected chi connectivity index (χ0v) is 19.7. The molecule has 4 nitrogen and oxygen atoms in total. The van der Waals surface area contributed by atoms with Crippen LogP contribution in [0.5, 0.6) is 0 Å². The molecule has 1 unspecified atom stereocenters. The van der Waals surface area contributed by atoms with Crippen molar-refractivity contribution in [2.45, 2.75) is 71.9 Å². The minimum absolute atomic E-state index is 0.0736. The molecule has 6 atom stereocenters. The van der Waals surface area contributed by atoms with Gasteiger partial charge in [-0.05, 0) is 76.0 Å². The summed E-state index contributed by atoms with van der Waals surface area (Å²) in [5.74, 6) is 0.544. The highest BCUT2D eigenvalue weighted by Gasteiger charge is 2.54. The minimum Gasteiger partial charge on any atom is -0.462 e. The van der Waals surface area contributed by atoms with Crippen molar-refractivity contribution < 1.29 is 14.4 Å². The van der Waals surface area contributed by atoms with E-state index in [1.807, 2.05) is 0 Å². The summed E-state index contributed by atoms with van der Waals surface area (Å²) in [6, 6.07) is 9.32. The first-order valence-corrected chi connectivity index (χ1v) is 12.4. The van der Waals surface area contributed by atoms with E-state index in [4.69, 9.17) is 4.74 Å². The van der Waals surface area contributed by atoms with Crippen LogP contribution in [-0.2, 0) is 9.53 Å². The van der Waals surface area contributed by atoms with Crippen LogP contribution in [-0.4, -0.2) is 44.3 Å². The predicted molar refractivity (Wildman–Crippen MR) is 124 cm³/mol. The maximum Gasteiger partial charge on any atom is 0.315 e. The second-order valence-corrected chi connectivity index (χ2v) is 11.1. The maximum atomic E-state index is 12.9. The molecule has 1 aromatic carbocycles. The topological polar surface area (TPSA) is 34.0 Å². The number of nitrogens with zero attached hydrogens (tertiary/aromatic N) is 1. The van der Waals surface area contributed by atoms with Gasteiger partial charge in [-0.1, -0.05) is 30.2 Å². The van der Waals surface area contributed by atoms with Gasteiger partial charge in [0, 0.05) is 11.6 Å². The van der Waals surface area contributed by atoms with Crippen molar-refractivity contribution in [3.05, 3.63) is 41.0 Å². The Balaban J connectivity index is 1.27. The molecule has 168 valence electrons. The number of esters is 1. The number of anilines is 1. The van der Waals surface area contributed by atoms with Crippen molar-refractivity contribution in [2.75, 3.05) is 31.1 Å². The molecule has 1 N–H and O–H groups in total. The normalized spacial score (nSPS) is 38.0. The molecule has 0 aromatic heterocycles. The van der Waals surface area contributed by atoms with Crippen LogP contribution in [0, 0.1) is 24.2 Å². The van der Waals surface area contributed by atoms with Gasteiger partial charge in [0.1, 0.15) is 12.0 Å². The number of ether oxygens (including phenoxy) is 1. The Morgan fingerprint density at radius 2 is 2.13 bits per heavy atom. The molecule has 31 heavy (non-hydrogen) atoms. The molecule has 2 saturated heterocycles. The fourth-order valence-corrected chi connectivity index (χ4v) is 7.16. The van der Waals surface area contributed by atoms with Gasteiger partial charge in [0.25, 0.3) is 0 Å². The van der Waals surface area contributed by atoms with Crippen LogP contribution in [0.15, 0.2) is 35.4 Å². The number of hydrogen-bond acceptors (Lipinski definition) is 3. The number of carbonyl (C=O) groups is 1. The molecular formula is C27H39N2O2+. The molecule has 2 aliphatic heterocycles. The number of carbonyl (C=O) groups excluding carboxylic acids is 1. The Hall–Kier alpha value is -1.81. The van der Waals surface area contributed by atoms with Gasteiger partial charge in [0.15, 0.2) is 0 Å². The molecule has 2 aliphatic carbocycles. The summed E-state index contributed by atoms with van der Waals surface area (Å²) in [5, 5.41) is 0. The summed E-state index contributed by atoms with van der Waals surface area (Å²) in [5.41, 5.74) is 6.17. The molecular weight excluding hydrogens is 384 g/mol. The summed E-state index contributed by atoms with van der Waals surface area (Å²) in [4.78, 5) is 17.1. The van der Waals surface area contributed by atoms with Gasteiger partial charge in [-0.15, -0.1) is 0 Å². The van der Waals surface area contributed by atoms with E-state index in [2.05, 4.69) is 56.9 Å². The standard InChI is InChI=1S/C27H38N2O2/c1-18-7-5-9-21(13-18)29-12-11-28(16-20(29)3)17-23-22-14-24-19(2)8-6-10-27(24,4)15-25(22)31-26(23)30/h5,7,9,13,20,22-23,25H,6,8,10-12,14-17H2,1-4H3/p+1/t20-,22+,23+,25+,27+/m0/s1. The first kappa shape index (κ1) is 21.1. The van der Waals surface area contributed by atoms with E-state index in [0.717, 1.165) is 39.0 Å². The quantitative estimate of drug-likeness (QED) is 0.596. The lowest BCUT2D eigenvalue weighted by atomic mass is 9.59. The molecule has 0 spiro atoms. The molecule has 5 rings (SSSR count). The number of benzene rings is 1. The van der Waals surface area contributed by atoms with Crippen LogP contribution < -0.4 is 9.80 Å². The second-order valence-electron chi connectivity index (χ2n) is 11.1. The average molecular weight is 424 g/mol. The number of piperazine rings is 1. The van der Waals surface area contributed by atoms with Gasteiger partial charge >= 0.3 is 5.97 Å². The van der Waals surface area contributed by atoms with Gasteiger partial charge in [-0.3, -0.25) is 4.79 Å². The van der Waals surface area contributed by atoms with Crippen molar-refractivity contribution in [3.63, 3.8) is 0 Å². The van der Waals surface area contributed by atoms with Gasteiger partial charge in [-0.25, -0.2) is 0 Å². The fourth-order valence-electron chi connectivity index (χ4n) is 7.16. The summed E-state index contributed by atoms with van der Waals surface area (Å²) in [6.45, 7) is 13.4. The highest BCUT2D eigenvalue weighted by Crippen LogP contribution is 2.54. The Bertz CT molecular complexity index is 893. The smallest absolute Gasteiger partial charge is 0.315 e. The number of rotatable bonds is 3. The number of allylic oxidation sites excluding steroid dienone is 2. The van der Waals surface area contributed by atoms with Crippen LogP contribution in [0.1, 0.15) is 58.4 Å². The zero-order chi connectivity index (χ0) is 21.8. The summed E-state index contributed by atoms with van der Waals surface area (Å²) in [7, 11) is 0. The summed E-state index contributed by atoms with van der Waals surface area (Å²) >= 11 is 0. The molecule has 1 saturated carbocycles. The van der Waals surface area contributed by atoms with Crippen LogP contribution >= 0.6 is 0 Å². The Labute approximate surface area is 187 Å².